The van der Waals surface area contributed by atoms with E-state index in [1.165, 1.54) is 6.92 Å². The molecule has 1 fully saturated rings. The van der Waals surface area contributed by atoms with Crippen LogP contribution in [0.25, 0.3) is 0 Å². The molecule has 1 N–H and O–H groups in total. The minimum atomic E-state index is -1.17. The monoisotopic (exact) mass is 273 g/mol. The zero-order valence-electron chi connectivity index (χ0n) is 10.2. The summed E-state index contributed by atoms with van der Waals surface area (Å²) in [5.74, 6) is -1.81. The van der Waals surface area contributed by atoms with Crippen molar-refractivity contribution < 1.29 is 24.3 Å². The first-order valence-electron chi connectivity index (χ1n) is 5.52. The number of nitrogens with zero attached hydrogens (tertiary/aromatic N) is 1. The fraction of sp³-hybridized carbons (Fsp3) is 0.636. The maximum Gasteiger partial charge on any atom is 0.326 e. The average molecular weight is 273 g/mol. The van der Waals surface area contributed by atoms with Gasteiger partial charge in [-0.1, -0.05) is 18.7 Å². The van der Waals surface area contributed by atoms with Crippen LogP contribution in [0.15, 0.2) is 0 Å². The van der Waals surface area contributed by atoms with Crippen molar-refractivity contribution in [1.82, 2.24) is 4.90 Å². The number of hydrogen-bond acceptors (Lipinski definition) is 5. The number of Topliss-reactive ketones (excluding diaryl/α,β-unsaturated/α-hetero) is 1. The third-order valence-corrected chi connectivity index (χ3v) is 3.48. The van der Waals surface area contributed by atoms with E-state index in [0.717, 1.165) is 16.7 Å². The van der Waals surface area contributed by atoms with Gasteiger partial charge in [-0.15, -0.1) is 0 Å². The Morgan fingerprint density at radius 1 is 1.50 bits per heavy atom. The third-order valence-electron chi connectivity index (χ3n) is 2.58. The number of amides is 1. The van der Waals surface area contributed by atoms with E-state index in [2.05, 4.69) is 0 Å². The number of carboxylic acid groups (broad SMARTS) is 1. The second-order valence-electron chi connectivity index (χ2n) is 4.24. The molecule has 6 nitrogen and oxygen atoms in total. The Bertz CT molecular complexity index is 395. The van der Waals surface area contributed by atoms with Gasteiger partial charge < -0.3 is 10.0 Å². The largest absolute Gasteiger partial charge is 0.480 e. The molecule has 1 aliphatic rings. The molecule has 0 radical (unpaired) electrons. The standard InChI is InChI=1S/C11H15NO5S/c1-6(18-7(2)13)3-10(15)12-5-8(14)4-9(12)11(16)17/h6,9H,3-5H2,1-2H3,(H,16,17)/t6-,9-/m0/s1. The van der Waals surface area contributed by atoms with Crippen LogP contribution in [0.5, 0.6) is 0 Å². The molecule has 100 valence electrons. The van der Waals surface area contributed by atoms with E-state index in [-0.39, 0.29) is 35.5 Å². The van der Waals surface area contributed by atoms with Gasteiger partial charge in [0.25, 0.3) is 0 Å². The van der Waals surface area contributed by atoms with Gasteiger partial charge in [0.05, 0.1) is 6.54 Å². The van der Waals surface area contributed by atoms with Crippen LogP contribution < -0.4 is 0 Å². The van der Waals surface area contributed by atoms with Crippen molar-refractivity contribution in [1.29, 1.82) is 0 Å². The summed E-state index contributed by atoms with van der Waals surface area (Å²) in [5.41, 5.74) is 0. The van der Waals surface area contributed by atoms with Gasteiger partial charge >= 0.3 is 5.97 Å². The Balaban J connectivity index is 2.62. The molecule has 0 aromatic rings. The highest BCUT2D eigenvalue weighted by Gasteiger charge is 2.38. The molecule has 1 aliphatic heterocycles. The first kappa shape index (κ1) is 14.7. The fourth-order valence-electron chi connectivity index (χ4n) is 1.86. The molecule has 0 spiro atoms. The number of aliphatic carboxylic acids is 1. The van der Waals surface area contributed by atoms with E-state index in [1.54, 1.807) is 6.92 Å². The lowest BCUT2D eigenvalue weighted by Gasteiger charge is -2.21. The van der Waals surface area contributed by atoms with Crippen molar-refractivity contribution in [3.8, 4) is 0 Å². The minimum Gasteiger partial charge on any atom is -0.480 e. The predicted molar refractivity (Wildman–Crippen MR) is 65.1 cm³/mol. The summed E-state index contributed by atoms with van der Waals surface area (Å²) in [7, 11) is 0. The zero-order valence-corrected chi connectivity index (χ0v) is 11.0. The Hall–Kier alpha value is -1.37. The van der Waals surface area contributed by atoms with Gasteiger partial charge in [-0.25, -0.2) is 4.79 Å². The molecule has 0 aliphatic carbocycles. The lowest BCUT2D eigenvalue weighted by molar-refractivity contribution is -0.148. The third kappa shape index (κ3) is 3.83. The SMILES string of the molecule is CC(=O)S[C@@H](C)CC(=O)N1CC(=O)C[C@H]1C(=O)O. The molecule has 1 saturated heterocycles. The molecule has 1 amide bonds. The summed E-state index contributed by atoms with van der Waals surface area (Å²) < 4.78 is 0. The van der Waals surface area contributed by atoms with Crippen LogP contribution in [0.3, 0.4) is 0 Å². The van der Waals surface area contributed by atoms with Crippen molar-refractivity contribution >= 4 is 34.5 Å². The smallest absolute Gasteiger partial charge is 0.326 e. The van der Waals surface area contributed by atoms with E-state index in [1.807, 2.05) is 0 Å². The normalized spacial score (nSPS) is 20.9. The fourth-order valence-corrected chi connectivity index (χ4v) is 2.65. The number of likely N-dealkylation sites (tertiary alicyclic amines) is 1. The summed E-state index contributed by atoms with van der Waals surface area (Å²) in [6.07, 6.45) is -0.0728. The van der Waals surface area contributed by atoms with Crippen LogP contribution in [0.2, 0.25) is 0 Å². The number of ketones is 1. The molecule has 2 atom stereocenters. The summed E-state index contributed by atoms with van der Waals surface area (Å²) in [4.78, 5) is 46.0. The van der Waals surface area contributed by atoms with Crippen LogP contribution in [-0.4, -0.2) is 50.6 Å². The Kier molecular flexibility index (Phi) is 4.89. The molecular formula is C11H15NO5S. The average Bonchev–Trinajstić information content (AvgIpc) is 2.58. The van der Waals surface area contributed by atoms with Crippen molar-refractivity contribution in [3.63, 3.8) is 0 Å². The molecule has 1 heterocycles. The van der Waals surface area contributed by atoms with E-state index in [0.29, 0.717) is 0 Å². The second kappa shape index (κ2) is 5.99. The molecule has 18 heavy (non-hydrogen) atoms. The number of carboxylic acids is 1. The Morgan fingerprint density at radius 2 is 2.11 bits per heavy atom. The highest BCUT2D eigenvalue weighted by molar-refractivity contribution is 8.14. The Morgan fingerprint density at radius 3 is 2.61 bits per heavy atom. The first-order chi connectivity index (χ1) is 8.31. The van der Waals surface area contributed by atoms with Gasteiger partial charge in [0.2, 0.25) is 5.91 Å². The predicted octanol–water partition coefficient (Wildman–Crippen LogP) is 0.299. The molecule has 0 saturated carbocycles. The van der Waals surface area contributed by atoms with Crippen molar-refractivity contribution in [3.05, 3.63) is 0 Å². The van der Waals surface area contributed by atoms with Crippen LogP contribution >= 0.6 is 11.8 Å². The van der Waals surface area contributed by atoms with Crippen molar-refractivity contribution in [2.45, 2.75) is 38.0 Å². The van der Waals surface area contributed by atoms with Gasteiger partial charge in [0.15, 0.2) is 10.9 Å². The summed E-state index contributed by atoms with van der Waals surface area (Å²) in [5, 5.41) is 8.61. The first-order valence-corrected chi connectivity index (χ1v) is 6.40. The number of carbonyl (C=O) groups excluding carboxylic acids is 3. The highest BCUT2D eigenvalue weighted by atomic mass is 32.2. The van der Waals surface area contributed by atoms with Gasteiger partial charge in [0.1, 0.15) is 6.04 Å². The number of carbonyl (C=O) groups is 4. The maximum absolute atomic E-state index is 11.9. The lowest BCUT2D eigenvalue weighted by Crippen LogP contribution is -2.41. The molecule has 0 unspecified atom stereocenters. The van der Waals surface area contributed by atoms with Crippen LogP contribution in [0.1, 0.15) is 26.7 Å². The summed E-state index contributed by atoms with van der Waals surface area (Å²) in [6, 6.07) is -1.06. The van der Waals surface area contributed by atoms with Crippen LogP contribution in [-0.2, 0) is 19.2 Å². The molecule has 0 aromatic heterocycles. The van der Waals surface area contributed by atoms with E-state index in [4.69, 9.17) is 5.11 Å². The lowest BCUT2D eigenvalue weighted by atomic mass is 10.2. The van der Waals surface area contributed by atoms with Gasteiger partial charge in [-0.05, 0) is 0 Å². The minimum absolute atomic E-state index is 0.0569. The number of thioether (sulfide) groups is 1. The van der Waals surface area contributed by atoms with Crippen LogP contribution in [0, 0.1) is 0 Å². The molecule has 1 rings (SSSR count). The van der Waals surface area contributed by atoms with E-state index >= 15 is 0 Å². The molecule has 0 aromatic carbocycles. The van der Waals surface area contributed by atoms with Crippen LogP contribution in [0.4, 0.5) is 0 Å². The quantitative estimate of drug-likeness (QED) is 0.792. The van der Waals surface area contributed by atoms with Gasteiger partial charge in [0, 0.05) is 25.0 Å². The Labute approximate surface area is 109 Å². The topological polar surface area (TPSA) is 91.8 Å². The number of rotatable bonds is 4. The summed E-state index contributed by atoms with van der Waals surface area (Å²) in [6.45, 7) is 2.98. The van der Waals surface area contributed by atoms with Gasteiger partial charge in [-0.2, -0.15) is 0 Å². The maximum atomic E-state index is 11.9. The molecule has 0 bridgehead atoms. The zero-order chi connectivity index (χ0) is 13.9. The second-order valence-corrected chi connectivity index (χ2v) is 5.86. The van der Waals surface area contributed by atoms with E-state index < -0.39 is 17.9 Å². The van der Waals surface area contributed by atoms with Gasteiger partial charge in [-0.3, -0.25) is 14.4 Å². The molecular weight excluding hydrogens is 258 g/mol. The van der Waals surface area contributed by atoms with Crippen molar-refractivity contribution in [2.24, 2.45) is 0 Å². The summed E-state index contributed by atoms with van der Waals surface area (Å²) >= 11 is 1.03. The highest BCUT2D eigenvalue weighted by Crippen LogP contribution is 2.20. The van der Waals surface area contributed by atoms with E-state index in [9.17, 15) is 19.2 Å². The van der Waals surface area contributed by atoms with Crippen molar-refractivity contribution in [2.75, 3.05) is 6.54 Å². The number of hydrogen-bond donors (Lipinski definition) is 1. The molecule has 7 heteroatoms.